The van der Waals surface area contributed by atoms with Crippen molar-refractivity contribution >= 4 is 113 Å². The highest BCUT2D eigenvalue weighted by Gasteiger charge is 2.22. The first-order valence-electron chi connectivity index (χ1n) is 21.0. The standard InChI is InChI=1S/C58H35NOS2/c1-2-12-36(13-3-1)37-24-28-40(29-25-37)59(41-30-26-38(27-31-41)44-18-10-19-47-45-16-6-8-22-53(45)61-57(44)47)42-32-33-52-50(35-42)51-34-39-14-4-5-15-43(39)55(56(51)60-52)49-21-11-20-48-46-17-7-9-23-54(46)62-58(48)49/h1-35H. The van der Waals surface area contributed by atoms with Crippen LogP contribution in [-0.2, 0) is 0 Å². The maximum absolute atomic E-state index is 6.99. The summed E-state index contributed by atoms with van der Waals surface area (Å²) in [6.07, 6.45) is 0. The molecule has 62 heavy (non-hydrogen) atoms. The molecule has 0 spiro atoms. The first kappa shape index (κ1) is 35.3. The molecule has 0 aliphatic carbocycles. The molecule has 0 N–H and O–H groups in total. The zero-order valence-corrected chi connectivity index (χ0v) is 35.0. The lowest BCUT2D eigenvalue weighted by molar-refractivity contribution is 0.670. The number of fused-ring (bicyclic) bond motifs is 10. The largest absolute Gasteiger partial charge is 0.455 e. The van der Waals surface area contributed by atoms with Crippen molar-refractivity contribution in [3.63, 3.8) is 0 Å². The molecule has 0 saturated carbocycles. The average Bonchev–Trinajstić information content (AvgIpc) is 4.03. The van der Waals surface area contributed by atoms with Gasteiger partial charge in [0.1, 0.15) is 11.2 Å². The number of rotatable bonds is 6. The second-order valence-electron chi connectivity index (χ2n) is 16.0. The minimum absolute atomic E-state index is 0.870. The molecule has 0 saturated heterocycles. The molecule has 0 fully saturated rings. The van der Waals surface area contributed by atoms with Crippen LogP contribution in [0.5, 0.6) is 0 Å². The summed E-state index contributed by atoms with van der Waals surface area (Å²) in [5.41, 5.74) is 12.2. The lowest BCUT2D eigenvalue weighted by Gasteiger charge is -2.26. The van der Waals surface area contributed by atoms with Gasteiger partial charge in [-0.05, 0) is 93.7 Å². The van der Waals surface area contributed by atoms with Crippen LogP contribution in [-0.4, -0.2) is 0 Å². The van der Waals surface area contributed by atoms with Crippen LogP contribution in [0, 0.1) is 0 Å². The van der Waals surface area contributed by atoms with E-state index in [0.29, 0.717) is 0 Å². The van der Waals surface area contributed by atoms with E-state index in [1.54, 1.807) is 0 Å². The van der Waals surface area contributed by atoms with Gasteiger partial charge >= 0.3 is 0 Å². The Morgan fingerprint density at radius 3 is 1.56 bits per heavy atom. The van der Waals surface area contributed by atoms with Crippen LogP contribution in [0.3, 0.4) is 0 Å². The van der Waals surface area contributed by atoms with Crippen LogP contribution in [0.4, 0.5) is 17.1 Å². The van der Waals surface area contributed by atoms with E-state index in [9.17, 15) is 0 Å². The number of hydrogen-bond acceptors (Lipinski definition) is 4. The number of thiophene rings is 2. The molecule has 290 valence electrons. The molecule has 13 aromatic rings. The lowest BCUT2D eigenvalue weighted by Crippen LogP contribution is -2.09. The van der Waals surface area contributed by atoms with Crippen molar-refractivity contribution in [2.24, 2.45) is 0 Å². The second-order valence-corrected chi connectivity index (χ2v) is 18.1. The fourth-order valence-electron chi connectivity index (χ4n) is 9.56. The highest BCUT2D eigenvalue weighted by atomic mass is 32.1. The summed E-state index contributed by atoms with van der Waals surface area (Å²) in [6, 6.07) is 77.2. The van der Waals surface area contributed by atoms with Crippen LogP contribution in [0.1, 0.15) is 0 Å². The Morgan fingerprint density at radius 2 is 0.871 bits per heavy atom. The van der Waals surface area contributed by atoms with E-state index >= 15 is 0 Å². The SMILES string of the molecule is c1ccc(-c2ccc(N(c3ccc(-c4cccc5c4sc4ccccc45)cc3)c3ccc4oc5c(-c6cccc7c6sc6ccccc67)c6ccccc6cc5c4c3)cc2)cc1. The van der Waals surface area contributed by atoms with E-state index in [0.717, 1.165) is 44.6 Å². The quantitative estimate of drug-likeness (QED) is 0.166. The number of anilines is 3. The van der Waals surface area contributed by atoms with Gasteiger partial charge in [0.05, 0.1) is 0 Å². The van der Waals surface area contributed by atoms with E-state index < -0.39 is 0 Å². The summed E-state index contributed by atoms with van der Waals surface area (Å²) < 4.78 is 12.2. The molecule has 4 heteroatoms. The van der Waals surface area contributed by atoms with Crippen LogP contribution < -0.4 is 4.90 Å². The Balaban J connectivity index is 0.991. The van der Waals surface area contributed by atoms with Gasteiger partial charge in [-0.1, -0.05) is 152 Å². The van der Waals surface area contributed by atoms with Crippen molar-refractivity contribution in [1.82, 2.24) is 0 Å². The van der Waals surface area contributed by atoms with Crippen molar-refractivity contribution in [3.05, 3.63) is 212 Å². The zero-order chi connectivity index (χ0) is 40.7. The second kappa shape index (κ2) is 14.0. The molecule has 3 aromatic heterocycles. The summed E-state index contributed by atoms with van der Waals surface area (Å²) in [6.45, 7) is 0. The maximum atomic E-state index is 6.99. The van der Waals surface area contributed by atoms with Gasteiger partial charge in [-0.25, -0.2) is 0 Å². The number of benzene rings is 10. The predicted molar refractivity (Wildman–Crippen MR) is 268 cm³/mol. The first-order valence-corrected chi connectivity index (χ1v) is 22.6. The number of nitrogens with zero attached hydrogens (tertiary/aromatic N) is 1. The summed E-state index contributed by atoms with van der Waals surface area (Å²) in [7, 11) is 0. The molecule has 0 aliphatic rings. The highest BCUT2D eigenvalue weighted by Crippen LogP contribution is 2.48. The topological polar surface area (TPSA) is 16.4 Å². The summed E-state index contributed by atoms with van der Waals surface area (Å²) in [4.78, 5) is 2.37. The van der Waals surface area contributed by atoms with Crippen LogP contribution in [0.2, 0.25) is 0 Å². The lowest BCUT2D eigenvalue weighted by atomic mass is 9.94. The molecule has 3 heterocycles. The van der Waals surface area contributed by atoms with Gasteiger partial charge in [-0.3, -0.25) is 0 Å². The van der Waals surface area contributed by atoms with Gasteiger partial charge in [0.2, 0.25) is 0 Å². The van der Waals surface area contributed by atoms with Gasteiger partial charge in [-0.2, -0.15) is 0 Å². The molecule has 13 rings (SSSR count). The smallest absolute Gasteiger partial charge is 0.143 e. The van der Waals surface area contributed by atoms with E-state index in [1.165, 1.54) is 78.9 Å². The molecule has 0 bridgehead atoms. The fourth-order valence-corrected chi connectivity index (χ4v) is 12.0. The molecule has 2 nitrogen and oxygen atoms in total. The highest BCUT2D eigenvalue weighted by molar-refractivity contribution is 7.26. The molecule has 0 aliphatic heterocycles. The third-order valence-electron chi connectivity index (χ3n) is 12.5. The van der Waals surface area contributed by atoms with Gasteiger partial charge in [0, 0.05) is 79.3 Å². The minimum atomic E-state index is 0.870. The van der Waals surface area contributed by atoms with Crippen molar-refractivity contribution in [2.75, 3.05) is 4.90 Å². The van der Waals surface area contributed by atoms with Gasteiger partial charge in [0.25, 0.3) is 0 Å². The fraction of sp³-hybridized carbons (Fsp3) is 0. The van der Waals surface area contributed by atoms with Crippen molar-refractivity contribution in [2.45, 2.75) is 0 Å². The number of hydrogen-bond donors (Lipinski definition) is 0. The van der Waals surface area contributed by atoms with Gasteiger partial charge < -0.3 is 9.32 Å². The molecule has 10 aromatic carbocycles. The monoisotopic (exact) mass is 825 g/mol. The van der Waals surface area contributed by atoms with Crippen molar-refractivity contribution < 1.29 is 4.42 Å². The molecule has 0 atom stereocenters. The van der Waals surface area contributed by atoms with Crippen LogP contribution >= 0.6 is 22.7 Å². The van der Waals surface area contributed by atoms with E-state index in [-0.39, 0.29) is 0 Å². The summed E-state index contributed by atoms with van der Waals surface area (Å²) in [5.74, 6) is 0. The molecule has 0 radical (unpaired) electrons. The Kier molecular flexibility index (Phi) is 7.99. The number of furan rings is 1. The predicted octanol–water partition coefficient (Wildman–Crippen LogP) is 17.9. The van der Waals surface area contributed by atoms with Crippen molar-refractivity contribution in [1.29, 1.82) is 0 Å². The zero-order valence-electron chi connectivity index (χ0n) is 33.4. The molecular formula is C58H35NOS2. The molecular weight excluding hydrogens is 791 g/mol. The Bertz CT molecular complexity index is 3860. The normalized spacial score (nSPS) is 11.9. The van der Waals surface area contributed by atoms with Crippen LogP contribution in [0.15, 0.2) is 217 Å². The van der Waals surface area contributed by atoms with Gasteiger partial charge in [-0.15, -0.1) is 22.7 Å². The minimum Gasteiger partial charge on any atom is -0.455 e. The third kappa shape index (κ3) is 5.54. The van der Waals surface area contributed by atoms with Gasteiger partial charge in [0.15, 0.2) is 0 Å². The Hall–Kier alpha value is -7.50. The first-order chi connectivity index (χ1) is 30.7. The summed E-state index contributed by atoms with van der Waals surface area (Å²) in [5, 5.41) is 9.78. The average molecular weight is 826 g/mol. The van der Waals surface area contributed by atoms with E-state index in [2.05, 4.69) is 217 Å². The maximum Gasteiger partial charge on any atom is 0.143 e. The van der Waals surface area contributed by atoms with Crippen LogP contribution in [0.25, 0.3) is 106 Å². The molecule has 0 amide bonds. The van der Waals surface area contributed by atoms with E-state index in [4.69, 9.17) is 4.42 Å². The van der Waals surface area contributed by atoms with Crippen molar-refractivity contribution in [3.8, 4) is 33.4 Å². The Morgan fingerprint density at radius 1 is 0.339 bits per heavy atom. The summed E-state index contributed by atoms with van der Waals surface area (Å²) >= 11 is 3.73. The molecule has 0 unspecified atom stereocenters. The third-order valence-corrected chi connectivity index (χ3v) is 14.9. The Labute approximate surface area is 365 Å². The van der Waals surface area contributed by atoms with E-state index in [1.807, 2.05) is 22.7 Å².